The average Bonchev–Trinajstić information content (AvgIpc) is 2.46. The van der Waals surface area contributed by atoms with Crippen LogP contribution in [-0.2, 0) is 0 Å². The normalized spacial score (nSPS) is 10.6. The molecule has 0 spiro atoms. The van der Waals surface area contributed by atoms with Gasteiger partial charge in [-0.2, -0.15) is 0 Å². The van der Waals surface area contributed by atoms with E-state index in [4.69, 9.17) is 9.47 Å². The van der Waals surface area contributed by atoms with Gasteiger partial charge in [0.05, 0.1) is 19.9 Å². The maximum absolute atomic E-state index is 5.12. The summed E-state index contributed by atoms with van der Waals surface area (Å²) in [7, 11) is 3.15. The molecule has 0 radical (unpaired) electrons. The largest absolute Gasteiger partial charge is 0.497 e. The first kappa shape index (κ1) is 12.0. The van der Waals surface area contributed by atoms with Crippen molar-refractivity contribution in [2.45, 2.75) is 0 Å². The van der Waals surface area contributed by atoms with Crippen LogP contribution in [0.5, 0.6) is 11.8 Å². The molecule has 0 atom stereocenters. The van der Waals surface area contributed by atoms with Crippen LogP contribution in [-0.4, -0.2) is 30.4 Å². The number of hydrogen-bond donors (Lipinski definition) is 0. The van der Waals surface area contributed by atoms with Crippen LogP contribution in [0, 0.1) is 0 Å². The summed E-state index contributed by atoms with van der Waals surface area (Å²) in [6.45, 7) is 0. The predicted molar refractivity (Wildman–Crippen MR) is 68.8 cm³/mol. The van der Waals surface area contributed by atoms with Gasteiger partial charge in [-0.15, -0.1) is 0 Å². The maximum Gasteiger partial charge on any atom is 0.316 e. The molecule has 92 valence electrons. The summed E-state index contributed by atoms with van der Waals surface area (Å²) in [5, 5.41) is 0. The van der Waals surface area contributed by atoms with E-state index in [9.17, 15) is 0 Å². The van der Waals surface area contributed by atoms with Crippen molar-refractivity contribution in [2.24, 2.45) is 4.99 Å². The molecule has 2 rings (SSSR count). The molecule has 0 saturated carbocycles. The number of benzene rings is 1. The van der Waals surface area contributed by atoms with Crippen LogP contribution >= 0.6 is 0 Å². The van der Waals surface area contributed by atoms with Gasteiger partial charge < -0.3 is 9.47 Å². The SMILES string of the molecule is COc1cccc(/N=C\c2cnc(OC)nc2)c1. The summed E-state index contributed by atoms with van der Waals surface area (Å²) < 4.78 is 10.0. The number of methoxy groups -OCH3 is 2. The van der Waals surface area contributed by atoms with Crippen molar-refractivity contribution in [3.05, 3.63) is 42.2 Å². The standard InChI is InChI=1S/C13H13N3O2/c1-17-12-5-3-4-11(6-12)14-7-10-8-15-13(18-2)16-9-10/h3-9H,1-2H3/b14-7-. The van der Waals surface area contributed by atoms with Crippen LogP contribution in [0.2, 0.25) is 0 Å². The molecule has 0 N–H and O–H groups in total. The lowest BCUT2D eigenvalue weighted by Gasteiger charge is -2.00. The Kier molecular flexibility index (Phi) is 3.86. The molecule has 0 saturated heterocycles. The minimum Gasteiger partial charge on any atom is -0.497 e. The highest BCUT2D eigenvalue weighted by Crippen LogP contribution is 2.19. The third-order valence-corrected chi connectivity index (χ3v) is 2.25. The van der Waals surface area contributed by atoms with E-state index in [2.05, 4.69) is 15.0 Å². The smallest absolute Gasteiger partial charge is 0.316 e. The van der Waals surface area contributed by atoms with E-state index in [1.54, 1.807) is 25.7 Å². The minimum absolute atomic E-state index is 0.341. The second-order valence-electron chi connectivity index (χ2n) is 3.46. The summed E-state index contributed by atoms with van der Waals surface area (Å²) in [6, 6.07) is 7.84. The zero-order valence-corrected chi connectivity index (χ0v) is 10.2. The van der Waals surface area contributed by atoms with Crippen molar-refractivity contribution < 1.29 is 9.47 Å². The zero-order chi connectivity index (χ0) is 12.8. The summed E-state index contributed by atoms with van der Waals surface area (Å²) in [5.74, 6) is 0.774. The number of ether oxygens (including phenoxy) is 2. The van der Waals surface area contributed by atoms with Crippen molar-refractivity contribution in [3.63, 3.8) is 0 Å². The van der Waals surface area contributed by atoms with Crippen LogP contribution in [0.15, 0.2) is 41.7 Å². The van der Waals surface area contributed by atoms with Gasteiger partial charge in [-0.05, 0) is 12.1 Å². The Morgan fingerprint density at radius 3 is 2.56 bits per heavy atom. The Balaban J connectivity index is 2.13. The predicted octanol–water partition coefficient (Wildman–Crippen LogP) is 2.24. The van der Waals surface area contributed by atoms with Gasteiger partial charge in [-0.1, -0.05) is 6.07 Å². The van der Waals surface area contributed by atoms with Gasteiger partial charge in [-0.3, -0.25) is 4.99 Å². The average molecular weight is 243 g/mol. The van der Waals surface area contributed by atoms with Gasteiger partial charge in [0.15, 0.2) is 0 Å². The third-order valence-electron chi connectivity index (χ3n) is 2.25. The van der Waals surface area contributed by atoms with E-state index in [1.807, 2.05) is 24.3 Å². The summed E-state index contributed by atoms with van der Waals surface area (Å²) in [4.78, 5) is 12.3. The highest BCUT2D eigenvalue weighted by Gasteiger charge is 1.95. The van der Waals surface area contributed by atoms with Crippen LogP contribution in [0.1, 0.15) is 5.56 Å². The molecule has 5 nitrogen and oxygen atoms in total. The fraction of sp³-hybridized carbons (Fsp3) is 0.154. The van der Waals surface area contributed by atoms with Crippen molar-refractivity contribution in [1.29, 1.82) is 0 Å². The lowest BCUT2D eigenvalue weighted by atomic mass is 10.3. The number of nitrogens with zero attached hydrogens (tertiary/aromatic N) is 3. The van der Waals surface area contributed by atoms with Crippen LogP contribution in [0.25, 0.3) is 0 Å². The van der Waals surface area contributed by atoms with Crippen molar-refractivity contribution in [2.75, 3.05) is 14.2 Å². The Bertz CT molecular complexity index is 538. The molecule has 0 aliphatic heterocycles. The number of aliphatic imine (C=N–C) groups is 1. The molecule has 2 aromatic rings. The van der Waals surface area contributed by atoms with Gasteiger partial charge in [0.2, 0.25) is 0 Å². The van der Waals surface area contributed by atoms with Crippen molar-refractivity contribution in [1.82, 2.24) is 9.97 Å². The molecule has 1 heterocycles. The molecule has 0 aliphatic carbocycles. The monoisotopic (exact) mass is 243 g/mol. The molecule has 5 heteroatoms. The van der Waals surface area contributed by atoms with E-state index in [-0.39, 0.29) is 0 Å². The van der Waals surface area contributed by atoms with Gasteiger partial charge in [-0.25, -0.2) is 9.97 Å². The van der Waals surface area contributed by atoms with E-state index >= 15 is 0 Å². The topological polar surface area (TPSA) is 56.6 Å². The number of rotatable bonds is 4. The fourth-order valence-electron chi connectivity index (χ4n) is 1.34. The molecular formula is C13H13N3O2. The summed E-state index contributed by atoms with van der Waals surface area (Å²) in [5.41, 5.74) is 1.61. The molecule has 1 aromatic carbocycles. The van der Waals surface area contributed by atoms with E-state index in [1.165, 1.54) is 7.11 Å². The van der Waals surface area contributed by atoms with Gasteiger partial charge >= 0.3 is 6.01 Å². The Morgan fingerprint density at radius 2 is 1.89 bits per heavy atom. The highest BCUT2D eigenvalue weighted by atomic mass is 16.5. The molecule has 1 aromatic heterocycles. The first-order valence-corrected chi connectivity index (χ1v) is 5.36. The molecule has 0 unspecified atom stereocenters. The zero-order valence-electron chi connectivity index (χ0n) is 10.2. The van der Waals surface area contributed by atoms with Gasteiger partial charge in [0.1, 0.15) is 5.75 Å². The van der Waals surface area contributed by atoms with Crippen LogP contribution < -0.4 is 9.47 Å². The lowest BCUT2D eigenvalue weighted by Crippen LogP contribution is -1.92. The Hall–Kier alpha value is -2.43. The Morgan fingerprint density at radius 1 is 1.11 bits per heavy atom. The van der Waals surface area contributed by atoms with Gasteiger partial charge in [0.25, 0.3) is 0 Å². The second kappa shape index (κ2) is 5.77. The van der Waals surface area contributed by atoms with E-state index in [0.29, 0.717) is 6.01 Å². The number of aromatic nitrogens is 2. The molecule has 0 amide bonds. The maximum atomic E-state index is 5.12. The first-order valence-electron chi connectivity index (χ1n) is 5.36. The molecule has 0 fully saturated rings. The molecule has 0 aliphatic rings. The summed E-state index contributed by atoms with van der Waals surface area (Å²) >= 11 is 0. The van der Waals surface area contributed by atoms with E-state index < -0.39 is 0 Å². The molecular weight excluding hydrogens is 230 g/mol. The second-order valence-corrected chi connectivity index (χ2v) is 3.46. The Labute approximate surface area is 105 Å². The molecule has 18 heavy (non-hydrogen) atoms. The van der Waals surface area contributed by atoms with Crippen LogP contribution in [0.3, 0.4) is 0 Å². The highest BCUT2D eigenvalue weighted by molar-refractivity contribution is 5.81. The first-order chi connectivity index (χ1) is 8.81. The fourth-order valence-corrected chi connectivity index (χ4v) is 1.34. The summed E-state index contributed by atoms with van der Waals surface area (Å²) in [6.07, 6.45) is 4.99. The molecule has 0 bridgehead atoms. The van der Waals surface area contributed by atoms with Crippen molar-refractivity contribution >= 4 is 11.9 Å². The van der Waals surface area contributed by atoms with E-state index in [0.717, 1.165) is 17.0 Å². The van der Waals surface area contributed by atoms with Crippen molar-refractivity contribution in [3.8, 4) is 11.8 Å². The quantitative estimate of drug-likeness (QED) is 0.773. The third kappa shape index (κ3) is 3.04. The number of hydrogen-bond acceptors (Lipinski definition) is 5. The van der Waals surface area contributed by atoms with Gasteiger partial charge in [0, 0.05) is 30.2 Å². The minimum atomic E-state index is 0.341. The lowest BCUT2D eigenvalue weighted by molar-refractivity contribution is 0.379. The van der Waals surface area contributed by atoms with Crippen LogP contribution in [0.4, 0.5) is 5.69 Å².